The highest BCUT2D eigenvalue weighted by Gasteiger charge is 2.29. The fourth-order valence-corrected chi connectivity index (χ4v) is 6.06. The fraction of sp³-hybridized carbons (Fsp3) is 0.417. The summed E-state index contributed by atoms with van der Waals surface area (Å²) in [7, 11) is 0. The SMILES string of the molecule is CC/C=C\C/C=C\C/C=C\C/C=C\C/C=C\C/C=C\CC(=O)OCCOC(=O)CC(C(C)C)N(Cc1ccc(-c2ccccc2-c2nn[nH]n2)cc1)C(=O)CCCC. The minimum absolute atomic E-state index is 0.00143. The van der Waals surface area contributed by atoms with E-state index in [2.05, 4.69) is 95.2 Å². The van der Waals surface area contributed by atoms with Gasteiger partial charge in [0.25, 0.3) is 0 Å². The molecule has 0 saturated heterocycles. The summed E-state index contributed by atoms with van der Waals surface area (Å²) < 4.78 is 10.7. The van der Waals surface area contributed by atoms with Gasteiger partial charge >= 0.3 is 11.9 Å². The van der Waals surface area contributed by atoms with E-state index in [1.54, 1.807) is 6.08 Å². The number of H-pyrrole nitrogens is 1. The molecule has 1 amide bonds. The number of esters is 2. The van der Waals surface area contributed by atoms with Gasteiger partial charge in [-0.3, -0.25) is 14.4 Å². The van der Waals surface area contributed by atoms with E-state index < -0.39 is 5.97 Å². The molecule has 1 unspecified atom stereocenters. The summed E-state index contributed by atoms with van der Waals surface area (Å²) >= 11 is 0. The zero-order chi connectivity index (χ0) is 41.6. The molecule has 0 aliphatic rings. The van der Waals surface area contributed by atoms with Crippen molar-refractivity contribution in [2.75, 3.05) is 13.2 Å². The Morgan fingerprint density at radius 3 is 1.79 bits per heavy atom. The van der Waals surface area contributed by atoms with Crippen LogP contribution in [0.5, 0.6) is 0 Å². The average molecular weight is 790 g/mol. The number of nitrogens with one attached hydrogen (secondary N) is 1. The number of nitrogens with zero attached hydrogens (tertiary/aromatic N) is 4. The van der Waals surface area contributed by atoms with Gasteiger partial charge in [-0.15, -0.1) is 10.2 Å². The molecule has 0 radical (unpaired) electrons. The first-order valence-corrected chi connectivity index (χ1v) is 20.8. The molecule has 10 heteroatoms. The molecule has 10 nitrogen and oxygen atoms in total. The molecule has 58 heavy (non-hydrogen) atoms. The molecule has 1 N–H and O–H groups in total. The number of ether oxygens (including phenoxy) is 2. The maximum atomic E-state index is 13.6. The predicted octanol–water partition coefficient (Wildman–Crippen LogP) is 10.6. The molecule has 0 bridgehead atoms. The van der Waals surface area contributed by atoms with Gasteiger partial charge in [0.2, 0.25) is 11.7 Å². The summed E-state index contributed by atoms with van der Waals surface area (Å²) in [6.45, 7) is 8.49. The van der Waals surface area contributed by atoms with Crippen LogP contribution in [-0.2, 0) is 30.4 Å². The molecule has 0 aliphatic carbocycles. The third-order valence-electron chi connectivity index (χ3n) is 9.23. The Hall–Kier alpha value is -5.64. The zero-order valence-electron chi connectivity index (χ0n) is 34.9. The van der Waals surface area contributed by atoms with E-state index >= 15 is 0 Å². The lowest BCUT2D eigenvalue weighted by molar-refractivity contribution is -0.153. The van der Waals surface area contributed by atoms with Crippen molar-refractivity contribution in [1.29, 1.82) is 0 Å². The van der Waals surface area contributed by atoms with Crippen molar-refractivity contribution in [2.45, 2.75) is 111 Å². The topological polar surface area (TPSA) is 127 Å². The lowest BCUT2D eigenvalue weighted by atomic mass is 9.96. The van der Waals surface area contributed by atoms with Crippen molar-refractivity contribution >= 4 is 17.8 Å². The molecule has 1 heterocycles. The van der Waals surface area contributed by atoms with Crippen molar-refractivity contribution in [3.63, 3.8) is 0 Å². The molecule has 1 atom stereocenters. The number of hydrogen-bond acceptors (Lipinski definition) is 8. The number of amides is 1. The number of allylic oxidation sites excluding steroid dienone is 11. The Kier molecular flexibility index (Phi) is 23.1. The largest absolute Gasteiger partial charge is 0.462 e. The summed E-state index contributed by atoms with van der Waals surface area (Å²) in [4.78, 5) is 40.6. The second-order valence-corrected chi connectivity index (χ2v) is 14.2. The first kappa shape index (κ1) is 46.7. The lowest BCUT2D eigenvalue weighted by Gasteiger charge is -2.34. The smallest absolute Gasteiger partial charge is 0.309 e. The van der Waals surface area contributed by atoms with Crippen LogP contribution in [0.2, 0.25) is 0 Å². The molecular formula is C48H63N5O5. The van der Waals surface area contributed by atoms with Gasteiger partial charge in [-0.2, -0.15) is 5.21 Å². The monoisotopic (exact) mass is 789 g/mol. The molecule has 2 aromatic carbocycles. The molecule has 0 saturated carbocycles. The van der Waals surface area contributed by atoms with Crippen LogP contribution in [0.3, 0.4) is 0 Å². The van der Waals surface area contributed by atoms with Crippen LogP contribution < -0.4 is 0 Å². The first-order chi connectivity index (χ1) is 28.3. The summed E-state index contributed by atoms with van der Waals surface area (Å²) in [5.74, 6) is -0.304. The molecule has 0 aliphatic heterocycles. The number of carbonyl (C=O) groups is 3. The number of carbonyl (C=O) groups excluding carboxylic acids is 3. The summed E-state index contributed by atoms with van der Waals surface area (Å²) in [5.41, 5.74) is 3.76. The predicted molar refractivity (Wildman–Crippen MR) is 233 cm³/mol. The van der Waals surface area contributed by atoms with Crippen LogP contribution in [0, 0.1) is 5.92 Å². The van der Waals surface area contributed by atoms with Gasteiger partial charge in [0.1, 0.15) is 13.2 Å². The number of unbranched alkanes of at least 4 members (excludes halogenated alkanes) is 1. The summed E-state index contributed by atoms with van der Waals surface area (Å²) in [5, 5.41) is 14.5. The highest BCUT2D eigenvalue weighted by atomic mass is 16.6. The summed E-state index contributed by atoms with van der Waals surface area (Å²) in [6, 6.07) is 15.5. The van der Waals surface area contributed by atoms with Crippen LogP contribution in [-0.4, -0.2) is 62.6 Å². The third-order valence-corrected chi connectivity index (χ3v) is 9.23. The number of tetrazole rings is 1. The van der Waals surface area contributed by atoms with Gasteiger partial charge < -0.3 is 14.4 Å². The maximum Gasteiger partial charge on any atom is 0.309 e. The Labute approximate surface area is 345 Å². The van der Waals surface area contributed by atoms with Gasteiger partial charge in [0.05, 0.1) is 12.8 Å². The maximum absolute atomic E-state index is 13.6. The van der Waals surface area contributed by atoms with Gasteiger partial charge in [0.15, 0.2) is 0 Å². The number of rotatable bonds is 27. The highest BCUT2D eigenvalue weighted by molar-refractivity contribution is 5.81. The molecule has 3 rings (SSSR count). The number of benzene rings is 2. The Morgan fingerprint density at radius 2 is 1.26 bits per heavy atom. The van der Waals surface area contributed by atoms with Crippen molar-refractivity contribution in [2.24, 2.45) is 5.92 Å². The van der Waals surface area contributed by atoms with E-state index in [9.17, 15) is 14.4 Å². The molecule has 310 valence electrons. The van der Waals surface area contributed by atoms with E-state index in [0.29, 0.717) is 18.8 Å². The van der Waals surface area contributed by atoms with Crippen molar-refractivity contribution in [1.82, 2.24) is 25.5 Å². The Balaban J connectivity index is 1.40. The van der Waals surface area contributed by atoms with Crippen molar-refractivity contribution in [3.05, 3.63) is 127 Å². The average Bonchev–Trinajstić information content (AvgIpc) is 3.78. The number of hydrogen-bond donors (Lipinski definition) is 1. The zero-order valence-corrected chi connectivity index (χ0v) is 34.9. The van der Waals surface area contributed by atoms with Crippen LogP contribution in [0.25, 0.3) is 22.5 Å². The molecule has 3 aromatic rings. The van der Waals surface area contributed by atoms with E-state index in [4.69, 9.17) is 9.47 Å². The van der Waals surface area contributed by atoms with E-state index in [-0.39, 0.29) is 49.9 Å². The van der Waals surface area contributed by atoms with Crippen LogP contribution in [0.15, 0.2) is 121 Å². The highest BCUT2D eigenvalue weighted by Crippen LogP contribution is 2.30. The van der Waals surface area contributed by atoms with E-state index in [1.165, 1.54) is 0 Å². The van der Waals surface area contributed by atoms with Gasteiger partial charge in [-0.25, -0.2) is 0 Å². The lowest BCUT2D eigenvalue weighted by Crippen LogP contribution is -2.44. The van der Waals surface area contributed by atoms with Gasteiger partial charge in [0, 0.05) is 24.6 Å². The normalized spacial score (nSPS) is 12.6. The van der Waals surface area contributed by atoms with Crippen LogP contribution in [0.4, 0.5) is 0 Å². The second-order valence-electron chi connectivity index (χ2n) is 14.2. The minimum atomic E-state index is -0.437. The quantitative estimate of drug-likeness (QED) is 0.0459. The van der Waals surface area contributed by atoms with Crippen LogP contribution >= 0.6 is 0 Å². The first-order valence-electron chi connectivity index (χ1n) is 20.8. The number of aromatic nitrogens is 4. The third kappa shape index (κ3) is 18.5. The van der Waals surface area contributed by atoms with Gasteiger partial charge in [-0.05, 0) is 72.8 Å². The molecule has 1 aromatic heterocycles. The standard InChI is InChI=1S/C48H63N5O5/c1-5-7-9-10-11-12-13-14-15-16-17-18-19-20-21-22-23-24-30-46(55)57-35-36-58-47(56)37-44(39(3)4)53(45(54)29-8-6-2)38-40-31-33-41(34-32-40)42-27-25-26-28-43(42)48-49-51-52-50-48/h7,9,11-12,14-15,17-18,20-21,23-28,31-34,39,44H,5-6,8,10,13,16,19,22,29-30,35-38H2,1-4H3,(H,49,50,51,52)/b9-7-,12-11-,15-14-,18-17-,21-20-,24-23-. The van der Waals surface area contributed by atoms with Crippen LogP contribution in [0.1, 0.15) is 104 Å². The molecule has 0 fully saturated rings. The van der Waals surface area contributed by atoms with E-state index in [0.717, 1.165) is 73.6 Å². The summed E-state index contributed by atoms with van der Waals surface area (Å²) in [6.07, 6.45) is 33.1. The number of aromatic amines is 1. The minimum Gasteiger partial charge on any atom is -0.462 e. The Bertz CT molecular complexity index is 1810. The molecular weight excluding hydrogens is 727 g/mol. The van der Waals surface area contributed by atoms with Crippen molar-refractivity contribution in [3.8, 4) is 22.5 Å². The molecule has 0 spiro atoms. The second kappa shape index (κ2) is 28.7. The van der Waals surface area contributed by atoms with Gasteiger partial charge in [-0.1, -0.05) is 156 Å². The Morgan fingerprint density at radius 1 is 0.707 bits per heavy atom. The van der Waals surface area contributed by atoms with E-state index in [1.807, 2.05) is 73.4 Å². The van der Waals surface area contributed by atoms with Crippen molar-refractivity contribution < 1.29 is 23.9 Å². The fourth-order valence-electron chi connectivity index (χ4n) is 6.06.